The van der Waals surface area contributed by atoms with Gasteiger partial charge in [-0.15, -0.1) is 0 Å². The van der Waals surface area contributed by atoms with Crippen molar-refractivity contribution < 1.29 is 14.7 Å². The Morgan fingerprint density at radius 2 is 1.67 bits per heavy atom. The number of benzene rings is 2. The van der Waals surface area contributed by atoms with E-state index in [9.17, 15) is 14.7 Å². The van der Waals surface area contributed by atoms with Gasteiger partial charge in [-0.3, -0.25) is 4.79 Å². The van der Waals surface area contributed by atoms with Gasteiger partial charge in [-0.2, -0.15) is 0 Å². The summed E-state index contributed by atoms with van der Waals surface area (Å²) in [4.78, 5) is 34.3. The third-order valence-corrected chi connectivity index (χ3v) is 5.24. The number of aromatic nitrogens is 2. The van der Waals surface area contributed by atoms with E-state index in [0.29, 0.717) is 5.95 Å². The number of amides is 1. The summed E-state index contributed by atoms with van der Waals surface area (Å²) in [6.45, 7) is 0. The van der Waals surface area contributed by atoms with Crippen molar-refractivity contribution in [2.45, 2.75) is 12.5 Å². The zero-order valence-electron chi connectivity index (χ0n) is 17.1. The maximum atomic E-state index is 12.5. The number of carbonyl (C=O) groups is 2. The Balaban J connectivity index is 0.00000385. The Morgan fingerprint density at radius 1 is 1.06 bits per heavy atom. The topological polar surface area (TPSA) is 95.4 Å². The predicted molar refractivity (Wildman–Crippen MR) is 133 cm³/mol. The van der Waals surface area contributed by atoms with Crippen molar-refractivity contribution in [3.8, 4) is 0 Å². The summed E-state index contributed by atoms with van der Waals surface area (Å²) in [6.07, 6.45) is 6.91. The van der Waals surface area contributed by atoms with Gasteiger partial charge < -0.3 is 15.3 Å². The molecule has 3 aromatic rings. The molecule has 0 aliphatic rings. The fourth-order valence-corrected chi connectivity index (χ4v) is 3.46. The van der Waals surface area contributed by atoms with E-state index in [4.69, 9.17) is 23.2 Å². The van der Waals surface area contributed by atoms with Crippen LogP contribution < -0.4 is 10.2 Å². The van der Waals surface area contributed by atoms with Crippen LogP contribution in [0.1, 0.15) is 22.3 Å². The van der Waals surface area contributed by atoms with Gasteiger partial charge in [0.2, 0.25) is 5.95 Å². The quantitative estimate of drug-likeness (QED) is 0.455. The molecule has 1 aromatic heterocycles. The molecule has 1 heterocycles. The molecule has 0 radical (unpaired) electrons. The van der Waals surface area contributed by atoms with Crippen molar-refractivity contribution in [1.29, 1.82) is 0 Å². The molecular weight excluding hydrogens is 474 g/mol. The average molecular weight is 495 g/mol. The first-order valence-electron chi connectivity index (χ1n) is 9.62. The monoisotopic (exact) mass is 494 g/mol. The molecule has 3 rings (SSSR count). The second kappa shape index (κ2) is 12.7. The number of anilines is 2. The second-order valence-corrected chi connectivity index (χ2v) is 7.61. The van der Waals surface area contributed by atoms with E-state index in [1.807, 2.05) is 36.2 Å². The van der Waals surface area contributed by atoms with E-state index in [0.717, 1.165) is 11.3 Å². The van der Waals surface area contributed by atoms with Crippen LogP contribution in [0.3, 0.4) is 0 Å². The van der Waals surface area contributed by atoms with Crippen LogP contribution >= 0.6 is 23.2 Å². The SMILES string of the molecule is CN(c1ccc(/C=C/C[C@H](NC(=O)c2c(Cl)cccc2Cl)C(=O)O)cc1)c1ncccn1.[NaH]. The molecule has 33 heavy (non-hydrogen) atoms. The minimum atomic E-state index is -1.16. The van der Waals surface area contributed by atoms with Crippen molar-refractivity contribution in [2.75, 3.05) is 11.9 Å². The number of nitrogens with zero attached hydrogens (tertiary/aromatic N) is 3. The van der Waals surface area contributed by atoms with Crippen LogP contribution in [0.5, 0.6) is 0 Å². The molecule has 7 nitrogen and oxygen atoms in total. The van der Waals surface area contributed by atoms with Crippen molar-refractivity contribution in [3.05, 3.63) is 88.2 Å². The third-order valence-electron chi connectivity index (χ3n) is 4.61. The van der Waals surface area contributed by atoms with Crippen LogP contribution in [-0.4, -0.2) is 69.6 Å². The van der Waals surface area contributed by atoms with E-state index in [2.05, 4.69) is 15.3 Å². The first kappa shape index (κ1) is 26.8. The molecule has 166 valence electrons. The number of halogens is 2. The summed E-state index contributed by atoms with van der Waals surface area (Å²) in [5.41, 5.74) is 1.83. The molecule has 2 N–H and O–H groups in total. The number of hydrogen-bond donors (Lipinski definition) is 2. The molecule has 1 amide bonds. The first-order valence-corrected chi connectivity index (χ1v) is 10.4. The molecule has 0 aliphatic carbocycles. The van der Waals surface area contributed by atoms with Gasteiger partial charge >= 0.3 is 35.5 Å². The van der Waals surface area contributed by atoms with Crippen molar-refractivity contribution >= 4 is 82.3 Å². The van der Waals surface area contributed by atoms with Crippen molar-refractivity contribution in [1.82, 2.24) is 15.3 Å². The van der Waals surface area contributed by atoms with E-state index >= 15 is 0 Å². The van der Waals surface area contributed by atoms with Crippen LogP contribution in [-0.2, 0) is 4.79 Å². The second-order valence-electron chi connectivity index (χ2n) is 6.80. The Morgan fingerprint density at radius 3 is 2.24 bits per heavy atom. The number of carboxylic acids is 1. The van der Waals surface area contributed by atoms with Gasteiger partial charge in [0.1, 0.15) is 6.04 Å². The standard InChI is InChI=1S/C23H20Cl2N4O3.Na.H/c1-29(23-26-13-4-14-27-23)16-11-9-15(10-12-16)5-2-8-19(22(31)32)28-21(30)20-17(24)6-3-7-18(20)25;;/h2-7,9-14,19H,8H2,1H3,(H,28,30)(H,31,32);;/b5-2+;;/t19-;;/m0../s1. The molecule has 0 fully saturated rings. The van der Waals surface area contributed by atoms with Crippen LogP contribution in [0.2, 0.25) is 10.0 Å². The van der Waals surface area contributed by atoms with Crippen LogP contribution in [0, 0.1) is 0 Å². The van der Waals surface area contributed by atoms with Gasteiger partial charge in [-0.1, -0.05) is 53.6 Å². The fourth-order valence-electron chi connectivity index (χ4n) is 2.90. The van der Waals surface area contributed by atoms with E-state index < -0.39 is 17.9 Å². The zero-order chi connectivity index (χ0) is 23.1. The number of hydrogen-bond acceptors (Lipinski definition) is 5. The molecule has 1 atom stereocenters. The number of nitrogens with one attached hydrogen (secondary N) is 1. The van der Waals surface area contributed by atoms with Crippen LogP contribution in [0.25, 0.3) is 6.08 Å². The number of rotatable bonds is 8. The fraction of sp³-hybridized carbons (Fsp3) is 0.130. The third kappa shape index (κ3) is 7.28. The summed E-state index contributed by atoms with van der Waals surface area (Å²) < 4.78 is 0. The molecule has 0 unspecified atom stereocenters. The first-order chi connectivity index (χ1) is 15.4. The van der Waals surface area contributed by atoms with Crippen LogP contribution in [0.4, 0.5) is 11.6 Å². The van der Waals surface area contributed by atoms with Crippen molar-refractivity contribution in [2.24, 2.45) is 0 Å². The number of carboxylic acid groups (broad SMARTS) is 1. The molecule has 0 saturated heterocycles. The number of aliphatic carboxylic acids is 1. The Hall–Kier alpha value is -2.42. The van der Waals surface area contributed by atoms with Gasteiger partial charge in [-0.25, -0.2) is 14.8 Å². The molecule has 0 saturated carbocycles. The molecular formula is C23H21Cl2N4NaO3. The summed E-state index contributed by atoms with van der Waals surface area (Å²) >= 11 is 12.1. The van der Waals surface area contributed by atoms with E-state index in [1.165, 1.54) is 12.1 Å². The molecule has 2 aromatic carbocycles. The van der Waals surface area contributed by atoms with E-state index in [-0.39, 0.29) is 51.6 Å². The summed E-state index contributed by atoms with van der Waals surface area (Å²) in [5.74, 6) is -1.22. The average Bonchev–Trinajstić information content (AvgIpc) is 2.78. The minimum absolute atomic E-state index is 0. The summed E-state index contributed by atoms with van der Waals surface area (Å²) in [7, 11) is 1.87. The van der Waals surface area contributed by atoms with Gasteiger partial charge in [0.05, 0.1) is 15.6 Å². The molecule has 10 heteroatoms. The van der Waals surface area contributed by atoms with Gasteiger partial charge in [-0.05, 0) is 42.3 Å². The van der Waals surface area contributed by atoms with Gasteiger partial charge in [0.25, 0.3) is 5.91 Å². The molecule has 0 aliphatic heterocycles. The molecule has 0 bridgehead atoms. The summed E-state index contributed by atoms with van der Waals surface area (Å²) in [6, 6.07) is 12.9. The Kier molecular flexibility index (Phi) is 10.3. The van der Waals surface area contributed by atoms with Crippen molar-refractivity contribution in [3.63, 3.8) is 0 Å². The van der Waals surface area contributed by atoms with Crippen LogP contribution in [0.15, 0.2) is 67.0 Å². The van der Waals surface area contributed by atoms with Gasteiger partial charge in [0, 0.05) is 25.1 Å². The zero-order valence-corrected chi connectivity index (χ0v) is 18.6. The Labute approximate surface area is 223 Å². The Bertz CT molecular complexity index is 1110. The predicted octanol–water partition coefficient (Wildman–Crippen LogP) is 4.19. The number of carbonyl (C=O) groups excluding carboxylic acids is 1. The molecule has 0 spiro atoms. The van der Waals surface area contributed by atoms with Gasteiger partial charge in [0.15, 0.2) is 0 Å². The normalized spacial score (nSPS) is 11.5. The maximum absolute atomic E-state index is 12.5. The summed E-state index contributed by atoms with van der Waals surface area (Å²) in [5, 5.41) is 12.2. The van der Waals surface area contributed by atoms with E-state index in [1.54, 1.807) is 36.7 Å².